The van der Waals surface area contributed by atoms with Gasteiger partial charge in [0, 0.05) is 6.20 Å². The van der Waals surface area contributed by atoms with Crippen LogP contribution < -0.4 is 5.73 Å². The Morgan fingerprint density at radius 2 is 2.00 bits per heavy atom. The maximum atomic E-state index is 11.1. The van der Waals surface area contributed by atoms with Crippen LogP contribution in [0.25, 0.3) is 11.3 Å². The maximum Gasteiger partial charge on any atom is 0.340 e. The first-order chi connectivity index (χ1) is 8.13. The van der Waals surface area contributed by atoms with Crippen molar-refractivity contribution in [2.45, 2.75) is 13.3 Å². The topological polar surface area (TPSA) is 79.1 Å². The molecule has 0 aliphatic carbocycles. The van der Waals surface area contributed by atoms with Crippen molar-refractivity contribution in [1.82, 2.24) is 4.98 Å². The minimum Gasteiger partial charge on any atom is -0.478 e. The molecule has 0 saturated heterocycles. The first-order valence-corrected chi connectivity index (χ1v) is 5.43. The van der Waals surface area contributed by atoms with E-state index < -0.39 is 5.97 Å². The van der Waals surface area contributed by atoms with Crippen LogP contribution in [0.15, 0.2) is 30.5 Å². The quantitative estimate of drug-likeness (QED) is 0.758. The molecule has 4 heteroatoms. The van der Waals surface area contributed by atoms with Crippen molar-refractivity contribution < 1.29 is 9.90 Å². The van der Waals surface area contributed by atoms with Gasteiger partial charge in [-0.1, -0.05) is 31.2 Å². The third-order valence-electron chi connectivity index (χ3n) is 2.78. The van der Waals surface area contributed by atoms with Gasteiger partial charge in [-0.05, 0) is 17.5 Å². The van der Waals surface area contributed by atoms with E-state index in [2.05, 4.69) is 11.9 Å². The minimum absolute atomic E-state index is 0.134. The number of carbonyl (C=O) groups is 1. The standard InChI is InChI=1S/C13H14N2O2/c1-2-8-3-5-9(6-4-8)12-11(13(16)17)10(14)7-15-12/h3-7,15H,2,14H2,1H3,(H,16,17). The van der Waals surface area contributed by atoms with E-state index in [-0.39, 0.29) is 11.3 Å². The molecule has 0 atom stereocenters. The number of hydrogen-bond donors (Lipinski definition) is 3. The van der Waals surface area contributed by atoms with Gasteiger partial charge in [0.2, 0.25) is 0 Å². The van der Waals surface area contributed by atoms with Crippen LogP contribution in [0, 0.1) is 0 Å². The lowest BCUT2D eigenvalue weighted by atomic mass is 10.0. The Morgan fingerprint density at radius 1 is 1.35 bits per heavy atom. The van der Waals surface area contributed by atoms with Gasteiger partial charge in [-0.3, -0.25) is 0 Å². The Balaban J connectivity index is 2.49. The highest BCUT2D eigenvalue weighted by molar-refractivity contribution is 6.00. The van der Waals surface area contributed by atoms with Crippen LogP contribution in [0.2, 0.25) is 0 Å². The van der Waals surface area contributed by atoms with Gasteiger partial charge in [-0.25, -0.2) is 4.79 Å². The van der Waals surface area contributed by atoms with E-state index in [0.29, 0.717) is 5.69 Å². The number of nitrogens with one attached hydrogen (secondary N) is 1. The average Bonchev–Trinajstić information content (AvgIpc) is 2.71. The fourth-order valence-corrected chi connectivity index (χ4v) is 1.80. The predicted octanol–water partition coefficient (Wildman–Crippen LogP) is 2.52. The number of hydrogen-bond acceptors (Lipinski definition) is 2. The fraction of sp³-hybridized carbons (Fsp3) is 0.154. The predicted molar refractivity (Wildman–Crippen MR) is 67.0 cm³/mol. The summed E-state index contributed by atoms with van der Waals surface area (Å²) in [6, 6.07) is 7.77. The van der Waals surface area contributed by atoms with Crippen molar-refractivity contribution in [2.75, 3.05) is 5.73 Å². The number of carboxylic acids is 1. The zero-order valence-corrected chi connectivity index (χ0v) is 9.53. The summed E-state index contributed by atoms with van der Waals surface area (Å²) in [7, 11) is 0. The van der Waals surface area contributed by atoms with Gasteiger partial charge in [-0.15, -0.1) is 0 Å². The van der Waals surface area contributed by atoms with Crippen LogP contribution >= 0.6 is 0 Å². The van der Waals surface area contributed by atoms with E-state index in [0.717, 1.165) is 12.0 Å². The zero-order valence-electron chi connectivity index (χ0n) is 9.53. The van der Waals surface area contributed by atoms with Crippen molar-refractivity contribution in [3.05, 3.63) is 41.6 Å². The van der Waals surface area contributed by atoms with E-state index >= 15 is 0 Å². The molecule has 0 saturated carbocycles. The number of benzene rings is 1. The van der Waals surface area contributed by atoms with Crippen molar-refractivity contribution >= 4 is 11.7 Å². The first-order valence-electron chi connectivity index (χ1n) is 5.43. The summed E-state index contributed by atoms with van der Waals surface area (Å²) in [5.74, 6) is -1.02. The van der Waals surface area contributed by atoms with Crippen molar-refractivity contribution in [3.63, 3.8) is 0 Å². The number of aromatic carboxylic acids is 1. The Labute approximate surface area is 99.1 Å². The van der Waals surface area contributed by atoms with Crippen LogP contribution in [-0.2, 0) is 6.42 Å². The largest absolute Gasteiger partial charge is 0.478 e. The molecule has 0 aliphatic rings. The van der Waals surface area contributed by atoms with Crippen LogP contribution in [0.5, 0.6) is 0 Å². The molecule has 4 nitrogen and oxygen atoms in total. The second-order valence-electron chi connectivity index (χ2n) is 3.85. The van der Waals surface area contributed by atoms with Crippen molar-refractivity contribution in [1.29, 1.82) is 0 Å². The van der Waals surface area contributed by atoms with E-state index in [9.17, 15) is 4.79 Å². The van der Waals surface area contributed by atoms with E-state index in [1.54, 1.807) is 0 Å². The second-order valence-corrected chi connectivity index (χ2v) is 3.85. The molecular weight excluding hydrogens is 216 g/mol. The fourth-order valence-electron chi connectivity index (χ4n) is 1.80. The third-order valence-corrected chi connectivity index (χ3v) is 2.78. The molecule has 1 heterocycles. The number of carboxylic acid groups (broad SMARTS) is 1. The Bertz CT molecular complexity index is 541. The molecule has 1 aromatic heterocycles. The average molecular weight is 230 g/mol. The monoisotopic (exact) mass is 230 g/mol. The molecule has 0 unspecified atom stereocenters. The van der Waals surface area contributed by atoms with Gasteiger partial charge in [0.25, 0.3) is 0 Å². The van der Waals surface area contributed by atoms with Crippen LogP contribution in [0.4, 0.5) is 5.69 Å². The molecule has 0 amide bonds. The molecule has 1 aromatic carbocycles. The van der Waals surface area contributed by atoms with Crippen LogP contribution in [0.1, 0.15) is 22.8 Å². The molecule has 0 bridgehead atoms. The molecule has 0 aliphatic heterocycles. The molecule has 17 heavy (non-hydrogen) atoms. The summed E-state index contributed by atoms with van der Waals surface area (Å²) in [4.78, 5) is 14.0. The third kappa shape index (κ3) is 2.01. The smallest absolute Gasteiger partial charge is 0.340 e. The SMILES string of the molecule is CCc1ccc(-c2[nH]cc(N)c2C(=O)O)cc1. The number of H-pyrrole nitrogens is 1. The molecule has 0 fully saturated rings. The highest BCUT2D eigenvalue weighted by Gasteiger charge is 2.17. The highest BCUT2D eigenvalue weighted by atomic mass is 16.4. The van der Waals surface area contributed by atoms with Gasteiger partial charge in [0.05, 0.1) is 11.4 Å². The molecule has 0 spiro atoms. The molecule has 4 N–H and O–H groups in total. The number of rotatable bonds is 3. The zero-order chi connectivity index (χ0) is 12.4. The molecule has 2 rings (SSSR count). The minimum atomic E-state index is -1.02. The Hall–Kier alpha value is -2.23. The highest BCUT2D eigenvalue weighted by Crippen LogP contribution is 2.27. The summed E-state index contributed by atoms with van der Waals surface area (Å²) in [6.07, 6.45) is 2.46. The van der Waals surface area contributed by atoms with Gasteiger partial charge in [-0.2, -0.15) is 0 Å². The number of nitrogen functional groups attached to an aromatic ring is 1. The van der Waals surface area contributed by atoms with Gasteiger partial charge in [0.15, 0.2) is 0 Å². The van der Waals surface area contributed by atoms with Crippen molar-refractivity contribution in [3.8, 4) is 11.3 Å². The Kier molecular flexibility index (Phi) is 2.87. The van der Waals surface area contributed by atoms with Crippen LogP contribution in [-0.4, -0.2) is 16.1 Å². The number of nitrogens with two attached hydrogens (primary N) is 1. The maximum absolute atomic E-state index is 11.1. The van der Waals surface area contributed by atoms with E-state index in [4.69, 9.17) is 10.8 Å². The second kappa shape index (κ2) is 4.33. The molecular formula is C13H14N2O2. The number of aromatic amines is 1. The van der Waals surface area contributed by atoms with Gasteiger partial charge < -0.3 is 15.8 Å². The number of aryl methyl sites for hydroxylation is 1. The number of aromatic nitrogens is 1. The lowest BCUT2D eigenvalue weighted by Crippen LogP contribution is -2.01. The van der Waals surface area contributed by atoms with E-state index in [1.807, 2.05) is 24.3 Å². The lowest BCUT2D eigenvalue weighted by Gasteiger charge is -2.03. The first kappa shape index (κ1) is 11.3. The summed E-state index contributed by atoms with van der Waals surface area (Å²) in [5.41, 5.74) is 8.61. The van der Waals surface area contributed by atoms with Crippen molar-refractivity contribution in [2.24, 2.45) is 0 Å². The van der Waals surface area contributed by atoms with Gasteiger partial charge in [0.1, 0.15) is 5.56 Å². The molecule has 2 aromatic rings. The lowest BCUT2D eigenvalue weighted by molar-refractivity contribution is 0.0699. The molecule has 0 radical (unpaired) electrons. The van der Waals surface area contributed by atoms with E-state index in [1.165, 1.54) is 11.8 Å². The Morgan fingerprint density at radius 3 is 2.53 bits per heavy atom. The molecule has 88 valence electrons. The summed E-state index contributed by atoms with van der Waals surface area (Å²) < 4.78 is 0. The summed E-state index contributed by atoms with van der Waals surface area (Å²) in [5, 5.41) is 9.10. The number of anilines is 1. The van der Waals surface area contributed by atoms with Crippen LogP contribution in [0.3, 0.4) is 0 Å². The van der Waals surface area contributed by atoms with Gasteiger partial charge >= 0.3 is 5.97 Å². The summed E-state index contributed by atoms with van der Waals surface area (Å²) >= 11 is 0. The summed E-state index contributed by atoms with van der Waals surface area (Å²) in [6.45, 7) is 2.07. The normalized spacial score (nSPS) is 10.4.